The molecule has 0 aliphatic carbocycles. The van der Waals surface area contributed by atoms with Crippen LogP contribution in [0.25, 0.3) is 0 Å². The van der Waals surface area contributed by atoms with Crippen LogP contribution in [0.15, 0.2) is 12.2 Å². The summed E-state index contributed by atoms with van der Waals surface area (Å²) in [6, 6.07) is 0. The molecular formula is C8H14O3. The van der Waals surface area contributed by atoms with Gasteiger partial charge in [0.2, 0.25) is 0 Å². The summed E-state index contributed by atoms with van der Waals surface area (Å²) >= 11 is 0. The zero-order valence-electron chi connectivity index (χ0n) is 6.87. The van der Waals surface area contributed by atoms with E-state index < -0.39 is 11.6 Å². The lowest BCUT2D eigenvalue weighted by molar-refractivity contribution is -0.131. The van der Waals surface area contributed by atoms with E-state index in [0.29, 0.717) is 12.8 Å². The number of carbonyl (C=O) groups is 1. The predicted octanol–water partition coefficient (Wildman–Crippen LogP) is 1.18. The topological polar surface area (TPSA) is 57.5 Å². The van der Waals surface area contributed by atoms with Crippen LogP contribution in [-0.2, 0) is 4.79 Å². The summed E-state index contributed by atoms with van der Waals surface area (Å²) in [7, 11) is 0. The molecular weight excluding hydrogens is 144 g/mol. The third-order valence-corrected chi connectivity index (χ3v) is 1.58. The summed E-state index contributed by atoms with van der Waals surface area (Å²) < 4.78 is 0. The van der Waals surface area contributed by atoms with Crippen LogP contribution in [0.2, 0.25) is 0 Å². The van der Waals surface area contributed by atoms with Gasteiger partial charge in [0, 0.05) is 6.08 Å². The number of carboxylic acid groups (broad SMARTS) is 1. The normalized spacial score (nSPS) is 16.6. The van der Waals surface area contributed by atoms with Crippen LogP contribution in [0.3, 0.4) is 0 Å². The van der Waals surface area contributed by atoms with Crippen molar-refractivity contribution in [1.82, 2.24) is 0 Å². The molecule has 0 aromatic rings. The number of rotatable bonds is 4. The summed E-state index contributed by atoms with van der Waals surface area (Å²) in [6.45, 7) is 3.54. The van der Waals surface area contributed by atoms with Crippen molar-refractivity contribution in [3.8, 4) is 0 Å². The Labute approximate surface area is 66.4 Å². The Balaban J connectivity index is 3.78. The van der Waals surface area contributed by atoms with E-state index in [1.165, 1.54) is 6.08 Å². The number of aliphatic carboxylic acids is 1. The summed E-state index contributed by atoms with van der Waals surface area (Å²) in [6.07, 6.45) is 3.52. The minimum absolute atomic E-state index is 0.385. The van der Waals surface area contributed by atoms with Crippen LogP contribution < -0.4 is 0 Å². The minimum Gasteiger partial charge on any atom is -0.478 e. The Morgan fingerprint density at radius 3 is 2.55 bits per heavy atom. The van der Waals surface area contributed by atoms with Crippen molar-refractivity contribution in [2.24, 2.45) is 0 Å². The third kappa shape index (κ3) is 5.61. The van der Waals surface area contributed by atoms with Gasteiger partial charge in [-0.2, -0.15) is 0 Å². The average Bonchev–Trinajstić information content (AvgIpc) is 1.87. The van der Waals surface area contributed by atoms with Crippen molar-refractivity contribution in [2.75, 3.05) is 0 Å². The molecule has 0 aliphatic rings. The van der Waals surface area contributed by atoms with Crippen LogP contribution in [0.5, 0.6) is 0 Å². The SMILES string of the molecule is CCC(C)(O)C/C=C/C(=O)O. The first-order chi connectivity index (χ1) is 4.98. The number of hydrogen-bond acceptors (Lipinski definition) is 2. The van der Waals surface area contributed by atoms with Gasteiger partial charge < -0.3 is 10.2 Å². The fraction of sp³-hybridized carbons (Fsp3) is 0.625. The van der Waals surface area contributed by atoms with E-state index in [1.807, 2.05) is 6.92 Å². The highest BCUT2D eigenvalue weighted by Gasteiger charge is 2.14. The minimum atomic E-state index is -0.975. The van der Waals surface area contributed by atoms with Crippen LogP contribution in [-0.4, -0.2) is 21.8 Å². The van der Waals surface area contributed by atoms with Gasteiger partial charge in [-0.05, 0) is 19.8 Å². The lowest BCUT2D eigenvalue weighted by Crippen LogP contribution is -2.21. The average molecular weight is 158 g/mol. The largest absolute Gasteiger partial charge is 0.478 e. The quantitative estimate of drug-likeness (QED) is 0.604. The first-order valence-corrected chi connectivity index (χ1v) is 3.60. The molecule has 2 N–H and O–H groups in total. The summed E-state index contributed by atoms with van der Waals surface area (Å²) in [4.78, 5) is 10.0. The molecule has 3 heteroatoms. The first kappa shape index (κ1) is 10.2. The zero-order chi connectivity index (χ0) is 8.91. The molecule has 0 saturated heterocycles. The second kappa shape index (κ2) is 4.13. The van der Waals surface area contributed by atoms with Gasteiger partial charge in [0.05, 0.1) is 5.60 Å². The maximum atomic E-state index is 10.0. The third-order valence-electron chi connectivity index (χ3n) is 1.58. The van der Waals surface area contributed by atoms with Gasteiger partial charge in [-0.1, -0.05) is 13.0 Å². The monoisotopic (exact) mass is 158 g/mol. The van der Waals surface area contributed by atoms with Gasteiger partial charge in [-0.15, -0.1) is 0 Å². The maximum absolute atomic E-state index is 10.0. The first-order valence-electron chi connectivity index (χ1n) is 3.60. The number of carboxylic acids is 1. The second-order valence-electron chi connectivity index (χ2n) is 2.80. The van der Waals surface area contributed by atoms with Gasteiger partial charge in [0.15, 0.2) is 0 Å². The smallest absolute Gasteiger partial charge is 0.327 e. The van der Waals surface area contributed by atoms with E-state index in [0.717, 1.165) is 6.08 Å². The zero-order valence-corrected chi connectivity index (χ0v) is 6.87. The molecule has 0 bridgehead atoms. The molecule has 0 rings (SSSR count). The van der Waals surface area contributed by atoms with Crippen molar-refractivity contribution in [3.05, 3.63) is 12.2 Å². The van der Waals surface area contributed by atoms with E-state index in [1.54, 1.807) is 6.92 Å². The van der Waals surface area contributed by atoms with Crippen molar-refractivity contribution in [1.29, 1.82) is 0 Å². The summed E-state index contributed by atoms with van der Waals surface area (Å²) in [5, 5.41) is 17.6. The number of hydrogen-bond donors (Lipinski definition) is 2. The second-order valence-corrected chi connectivity index (χ2v) is 2.80. The maximum Gasteiger partial charge on any atom is 0.327 e. The highest BCUT2D eigenvalue weighted by atomic mass is 16.4. The molecule has 0 aliphatic heterocycles. The summed E-state index contributed by atoms with van der Waals surface area (Å²) in [5.41, 5.74) is -0.772. The lowest BCUT2D eigenvalue weighted by atomic mass is 9.99. The van der Waals surface area contributed by atoms with E-state index in [-0.39, 0.29) is 0 Å². The Morgan fingerprint density at radius 1 is 1.64 bits per heavy atom. The van der Waals surface area contributed by atoms with Crippen molar-refractivity contribution in [2.45, 2.75) is 32.3 Å². The van der Waals surface area contributed by atoms with Crippen LogP contribution in [0.4, 0.5) is 0 Å². The van der Waals surface area contributed by atoms with Crippen LogP contribution >= 0.6 is 0 Å². The highest BCUT2D eigenvalue weighted by Crippen LogP contribution is 2.13. The molecule has 1 unspecified atom stereocenters. The van der Waals surface area contributed by atoms with E-state index >= 15 is 0 Å². The van der Waals surface area contributed by atoms with Crippen molar-refractivity contribution >= 4 is 5.97 Å². The molecule has 0 fully saturated rings. The molecule has 0 aromatic carbocycles. The van der Waals surface area contributed by atoms with Gasteiger partial charge in [0.1, 0.15) is 0 Å². The molecule has 3 nitrogen and oxygen atoms in total. The van der Waals surface area contributed by atoms with Gasteiger partial charge in [0.25, 0.3) is 0 Å². The van der Waals surface area contributed by atoms with E-state index in [4.69, 9.17) is 5.11 Å². The van der Waals surface area contributed by atoms with Crippen LogP contribution in [0.1, 0.15) is 26.7 Å². The Bertz CT molecular complexity index is 159. The molecule has 11 heavy (non-hydrogen) atoms. The lowest BCUT2D eigenvalue weighted by Gasteiger charge is -2.18. The summed E-state index contributed by atoms with van der Waals surface area (Å²) in [5.74, 6) is -0.975. The molecule has 1 atom stereocenters. The fourth-order valence-electron chi connectivity index (χ4n) is 0.558. The molecule has 0 heterocycles. The number of aliphatic hydroxyl groups is 1. The Morgan fingerprint density at radius 2 is 2.18 bits per heavy atom. The molecule has 64 valence electrons. The van der Waals surface area contributed by atoms with Crippen LogP contribution in [0, 0.1) is 0 Å². The van der Waals surface area contributed by atoms with Crippen molar-refractivity contribution in [3.63, 3.8) is 0 Å². The Hall–Kier alpha value is -0.830. The molecule has 0 radical (unpaired) electrons. The van der Waals surface area contributed by atoms with Gasteiger partial charge in [-0.25, -0.2) is 4.79 Å². The van der Waals surface area contributed by atoms with Crippen molar-refractivity contribution < 1.29 is 15.0 Å². The predicted molar refractivity (Wildman–Crippen MR) is 42.3 cm³/mol. The van der Waals surface area contributed by atoms with E-state index in [9.17, 15) is 9.90 Å². The fourth-order valence-corrected chi connectivity index (χ4v) is 0.558. The molecule has 0 amide bonds. The Kier molecular flexibility index (Phi) is 3.82. The highest BCUT2D eigenvalue weighted by molar-refractivity contribution is 5.79. The van der Waals surface area contributed by atoms with E-state index in [2.05, 4.69) is 0 Å². The molecule has 0 saturated carbocycles. The molecule has 0 spiro atoms. The van der Waals surface area contributed by atoms with Gasteiger partial charge >= 0.3 is 5.97 Å². The molecule has 0 aromatic heterocycles. The van der Waals surface area contributed by atoms with Gasteiger partial charge in [-0.3, -0.25) is 0 Å². The standard InChI is InChI=1S/C8H14O3/c1-3-8(2,11)6-4-5-7(9)10/h4-5,11H,3,6H2,1-2H3,(H,9,10)/b5-4+.